The van der Waals surface area contributed by atoms with Crippen LogP contribution in [0.25, 0.3) is 0 Å². The maximum atomic E-state index is 11.7. The van der Waals surface area contributed by atoms with Crippen LogP contribution in [0.4, 0.5) is 0 Å². The van der Waals surface area contributed by atoms with Crippen molar-refractivity contribution in [2.75, 3.05) is 53.5 Å². The van der Waals surface area contributed by atoms with Crippen molar-refractivity contribution in [3.63, 3.8) is 0 Å². The monoisotopic (exact) mass is 531 g/mol. The molecule has 0 aliphatic carbocycles. The normalized spacial score (nSPS) is 14.8. The zero-order chi connectivity index (χ0) is 27.8. The minimum absolute atomic E-state index is 0.0453. The van der Waals surface area contributed by atoms with Gasteiger partial charge in [-0.1, -0.05) is 29.6 Å². The van der Waals surface area contributed by atoms with E-state index in [1.165, 1.54) is 14.2 Å². The number of rotatable bonds is 21. The van der Waals surface area contributed by atoms with Gasteiger partial charge in [-0.3, -0.25) is 9.59 Å². The SMILES string of the molecule is CCC(CO)OC(CO)OC.[3H]PCOC(=O)CNC(=C)CCC(=O)OCC(OC)OC(CC)CO. The maximum Gasteiger partial charge on any atom is 0.325 e. The molecule has 0 amide bonds. The Morgan fingerprint density at radius 3 is 1.94 bits per heavy atom. The Labute approximate surface area is 211 Å². The molecular weight excluding hydrogens is 485 g/mol. The number of esters is 2. The molecule has 0 radical (unpaired) electrons. The van der Waals surface area contributed by atoms with Crippen molar-refractivity contribution in [3.8, 4) is 0 Å². The van der Waals surface area contributed by atoms with Crippen molar-refractivity contribution >= 4 is 21.1 Å². The van der Waals surface area contributed by atoms with E-state index < -0.39 is 24.5 Å². The van der Waals surface area contributed by atoms with E-state index in [-0.39, 0.29) is 67.1 Å². The van der Waals surface area contributed by atoms with E-state index in [1.807, 2.05) is 13.8 Å². The molecule has 12 nitrogen and oxygen atoms in total. The molecule has 13 heteroatoms. The van der Waals surface area contributed by atoms with Crippen molar-refractivity contribution in [2.45, 2.75) is 64.3 Å². The van der Waals surface area contributed by atoms with Crippen LogP contribution in [-0.2, 0) is 38.0 Å². The van der Waals surface area contributed by atoms with Gasteiger partial charge in [0.2, 0.25) is 0 Å². The van der Waals surface area contributed by atoms with Crippen LogP contribution < -0.4 is 5.32 Å². The molecule has 0 aromatic carbocycles. The fourth-order valence-electron chi connectivity index (χ4n) is 2.21. The third-order valence-electron chi connectivity index (χ3n) is 4.41. The molecule has 5 atom stereocenters. The first-order chi connectivity index (χ1) is 17.2. The average Bonchev–Trinajstić information content (AvgIpc) is 2.90. The summed E-state index contributed by atoms with van der Waals surface area (Å²) in [5, 5.41) is 29.2. The highest BCUT2D eigenvalue weighted by Gasteiger charge is 2.17. The van der Waals surface area contributed by atoms with E-state index in [4.69, 9.17) is 45.0 Å². The lowest BCUT2D eigenvalue weighted by molar-refractivity contribution is -0.194. The molecule has 0 spiro atoms. The van der Waals surface area contributed by atoms with Gasteiger partial charge in [0.25, 0.3) is 0 Å². The van der Waals surface area contributed by atoms with Crippen LogP contribution in [0.2, 0.25) is 0 Å². The van der Waals surface area contributed by atoms with Gasteiger partial charge in [0.15, 0.2) is 12.6 Å². The highest BCUT2D eigenvalue weighted by atomic mass is 31.0. The molecule has 4 N–H and O–H groups in total. The summed E-state index contributed by atoms with van der Waals surface area (Å²) in [7, 11) is 2.68. The summed E-state index contributed by atoms with van der Waals surface area (Å²) in [6, 6.07) is 0. The Balaban J connectivity index is 0. The molecule has 0 aliphatic rings. The fraction of sp³-hybridized carbons (Fsp3) is 0.818. The number of ether oxygens (including phenoxy) is 6. The molecule has 0 heterocycles. The zero-order valence-electron chi connectivity index (χ0n) is 22.2. The zero-order valence-corrected chi connectivity index (χ0v) is 22.2. The van der Waals surface area contributed by atoms with Crippen LogP contribution in [0.5, 0.6) is 0 Å². The van der Waals surface area contributed by atoms with E-state index in [2.05, 4.69) is 11.9 Å². The minimum atomic E-state index is -0.741. The first-order valence-electron chi connectivity index (χ1n) is 11.8. The van der Waals surface area contributed by atoms with Crippen LogP contribution in [0.1, 0.15) is 39.5 Å². The van der Waals surface area contributed by atoms with E-state index in [0.29, 0.717) is 25.0 Å². The average molecular weight is 532 g/mol. The first-order valence-corrected chi connectivity index (χ1v) is 12.0. The van der Waals surface area contributed by atoms with Gasteiger partial charge in [-0.2, -0.15) is 0 Å². The molecule has 0 saturated heterocycles. The fourth-order valence-corrected chi connectivity index (χ4v) is 2.37. The lowest BCUT2D eigenvalue weighted by Gasteiger charge is -2.21. The molecule has 5 unspecified atom stereocenters. The largest absolute Gasteiger partial charge is 0.460 e. The van der Waals surface area contributed by atoms with Crippen molar-refractivity contribution in [3.05, 3.63) is 12.3 Å². The molecule has 35 heavy (non-hydrogen) atoms. The highest BCUT2D eigenvalue weighted by Crippen LogP contribution is 2.06. The molecule has 0 bridgehead atoms. The van der Waals surface area contributed by atoms with Gasteiger partial charge in [-0.15, -0.1) is 0 Å². The van der Waals surface area contributed by atoms with Gasteiger partial charge >= 0.3 is 11.9 Å². The lowest BCUT2D eigenvalue weighted by Crippen LogP contribution is -2.30. The number of nitrogens with one attached hydrogen (secondary N) is 1. The summed E-state index contributed by atoms with van der Waals surface area (Å²) < 4.78 is 37.1. The van der Waals surface area contributed by atoms with Crippen LogP contribution >= 0.6 is 9.18 Å². The standard InChI is InChI=1S/C15H28NO7P.C7H16O4/c1-4-12(8-17)23-15(20-3)9-21-13(18)6-5-11(2)16-7-14(19)22-10-24;1-3-6(4-8)11-7(5-9)10-2/h12,15-17H,2,4-10,24H2,1,3H3;6-9H,3-5H2,1-2H3/i24T;. The summed E-state index contributed by atoms with van der Waals surface area (Å²) in [6.45, 7) is 6.96. The van der Waals surface area contributed by atoms with Gasteiger partial charge < -0.3 is 49.1 Å². The minimum Gasteiger partial charge on any atom is -0.460 e. The number of allylic oxidation sites excluding steroid dienone is 1. The third kappa shape index (κ3) is 20.5. The number of aliphatic hydroxyl groups is 3. The van der Waals surface area contributed by atoms with Crippen molar-refractivity contribution in [1.82, 2.24) is 5.32 Å². The van der Waals surface area contributed by atoms with E-state index >= 15 is 0 Å². The summed E-state index contributed by atoms with van der Waals surface area (Å²) in [5.41, 5.74) is 0.507. The highest BCUT2D eigenvalue weighted by molar-refractivity contribution is 7.16. The second-order valence-corrected chi connectivity index (χ2v) is 7.30. The number of carbonyl (C=O) groups is 2. The maximum absolute atomic E-state index is 11.7. The van der Waals surface area contributed by atoms with Gasteiger partial charge in [0.05, 0.1) is 39.7 Å². The Morgan fingerprint density at radius 2 is 1.49 bits per heavy atom. The third-order valence-corrected chi connectivity index (χ3v) is 4.55. The Morgan fingerprint density at radius 1 is 0.914 bits per heavy atom. The number of carbonyl (C=O) groups excluding carboxylic acids is 2. The smallest absolute Gasteiger partial charge is 0.325 e. The van der Waals surface area contributed by atoms with Crippen LogP contribution in [0.3, 0.4) is 0 Å². The molecule has 0 rings (SSSR count). The van der Waals surface area contributed by atoms with Crippen LogP contribution in [-0.4, -0.2) is 107 Å². The van der Waals surface area contributed by atoms with Gasteiger partial charge in [-0.05, 0) is 19.3 Å². The number of hydrogen-bond donors (Lipinski definition) is 4. The predicted molar refractivity (Wildman–Crippen MR) is 131 cm³/mol. The summed E-state index contributed by atoms with van der Waals surface area (Å²) in [4.78, 5) is 23.0. The van der Waals surface area contributed by atoms with Crippen molar-refractivity contribution in [2.24, 2.45) is 0 Å². The van der Waals surface area contributed by atoms with E-state index in [0.717, 1.165) is 0 Å². The van der Waals surface area contributed by atoms with Gasteiger partial charge in [0.1, 0.15) is 19.5 Å². The summed E-state index contributed by atoms with van der Waals surface area (Å²) >= 11 is 0. The molecular formula is C22H44NO11P. The molecule has 0 aliphatic heterocycles. The summed E-state index contributed by atoms with van der Waals surface area (Å²) in [5.74, 6) is -0.929. The molecule has 0 fully saturated rings. The Bertz CT molecular complexity index is 552. The van der Waals surface area contributed by atoms with Gasteiger partial charge in [-0.25, -0.2) is 0 Å². The first kappa shape index (κ1) is 33.6. The summed E-state index contributed by atoms with van der Waals surface area (Å²) in [6.07, 6.45) is -0.188. The van der Waals surface area contributed by atoms with Crippen molar-refractivity contribution < 1.29 is 53.3 Å². The van der Waals surface area contributed by atoms with Crippen LogP contribution in [0.15, 0.2) is 12.3 Å². The second kappa shape index (κ2) is 24.3. The molecule has 208 valence electrons. The quantitative estimate of drug-likeness (QED) is 0.0911. The molecule has 0 saturated carbocycles. The number of methoxy groups -OCH3 is 2. The Hall–Kier alpha value is -1.37. The van der Waals surface area contributed by atoms with Gasteiger partial charge in [0, 0.05) is 19.9 Å². The molecule has 0 aromatic rings. The topological polar surface area (TPSA) is 162 Å². The van der Waals surface area contributed by atoms with Crippen LogP contribution in [0, 0.1) is 0 Å². The van der Waals surface area contributed by atoms with E-state index in [1.54, 1.807) is 0 Å². The lowest BCUT2D eigenvalue weighted by atomic mass is 10.2. The second-order valence-electron chi connectivity index (χ2n) is 7.01. The van der Waals surface area contributed by atoms with Crippen molar-refractivity contribution in [1.29, 1.82) is 1.28 Å². The van der Waals surface area contributed by atoms with E-state index in [9.17, 15) is 9.59 Å². The number of hydrogen-bond acceptors (Lipinski definition) is 12. The molecule has 0 aromatic heterocycles. The predicted octanol–water partition coefficient (Wildman–Crippen LogP) is 0.288. The number of aliphatic hydroxyl groups excluding tert-OH is 3. The Kier molecular flexibility index (Phi) is 23.4.